The van der Waals surface area contributed by atoms with Gasteiger partial charge < -0.3 is 9.84 Å². The number of ether oxygens (including phenoxy) is 1. The molecule has 0 aromatic heterocycles. The summed E-state index contributed by atoms with van der Waals surface area (Å²) in [5, 5.41) is 9.64. The Labute approximate surface area is 213 Å². The van der Waals surface area contributed by atoms with Crippen molar-refractivity contribution < 1.29 is 9.84 Å². The second-order valence-electron chi connectivity index (χ2n) is 10.4. The molecule has 0 heterocycles. The van der Waals surface area contributed by atoms with Crippen molar-refractivity contribution in [1.29, 1.82) is 0 Å². The van der Waals surface area contributed by atoms with Crippen molar-refractivity contribution in [3.8, 4) is 5.75 Å². The van der Waals surface area contributed by atoms with Crippen LogP contribution in [0.1, 0.15) is 100.0 Å². The molecule has 0 radical (unpaired) electrons. The fourth-order valence-electron chi connectivity index (χ4n) is 5.70. The van der Waals surface area contributed by atoms with Crippen LogP contribution in [-0.4, -0.2) is 18.3 Å². The van der Waals surface area contributed by atoms with Crippen molar-refractivity contribution in [1.82, 2.24) is 0 Å². The first kappa shape index (κ1) is 27.0. The van der Waals surface area contributed by atoms with E-state index in [9.17, 15) is 5.11 Å². The van der Waals surface area contributed by atoms with Crippen LogP contribution < -0.4 is 4.74 Å². The molecule has 0 aliphatic rings. The second-order valence-corrected chi connectivity index (χ2v) is 10.4. The van der Waals surface area contributed by atoms with E-state index in [1.54, 1.807) is 0 Å². The largest absolute Gasteiger partial charge is 0.491 e. The number of aliphatic hydroxyl groups excluding tert-OH is 1. The Balaban J connectivity index is 2.26. The van der Waals surface area contributed by atoms with Gasteiger partial charge >= 0.3 is 0 Å². The van der Waals surface area contributed by atoms with E-state index in [-0.39, 0.29) is 18.4 Å². The molecule has 0 bridgehead atoms. The first-order chi connectivity index (χ1) is 16.9. The molecule has 0 saturated carbocycles. The van der Waals surface area contributed by atoms with Gasteiger partial charge in [0.05, 0.1) is 6.61 Å². The summed E-state index contributed by atoms with van der Waals surface area (Å²) in [6.07, 6.45) is 2.42. The summed E-state index contributed by atoms with van der Waals surface area (Å²) in [6, 6.07) is 26.2. The van der Waals surface area contributed by atoms with Gasteiger partial charge in [0.15, 0.2) is 0 Å². The summed E-state index contributed by atoms with van der Waals surface area (Å²) < 4.78 is 6.36. The highest BCUT2D eigenvalue weighted by molar-refractivity contribution is 5.53. The van der Waals surface area contributed by atoms with Gasteiger partial charge in [-0.1, -0.05) is 127 Å². The average Bonchev–Trinajstić information content (AvgIpc) is 2.87. The van der Waals surface area contributed by atoms with Gasteiger partial charge in [-0.3, -0.25) is 0 Å². The Morgan fingerprint density at radius 2 is 1.20 bits per heavy atom. The predicted molar refractivity (Wildman–Crippen MR) is 149 cm³/mol. The predicted octanol–water partition coefficient (Wildman–Crippen LogP) is 8.54. The maximum atomic E-state index is 9.64. The van der Waals surface area contributed by atoms with Crippen LogP contribution in [0.5, 0.6) is 5.75 Å². The molecule has 3 aromatic rings. The minimum Gasteiger partial charge on any atom is -0.491 e. The minimum absolute atomic E-state index is 0.00220. The van der Waals surface area contributed by atoms with E-state index in [2.05, 4.69) is 114 Å². The van der Waals surface area contributed by atoms with Crippen LogP contribution in [0.2, 0.25) is 0 Å². The van der Waals surface area contributed by atoms with E-state index >= 15 is 0 Å². The summed E-state index contributed by atoms with van der Waals surface area (Å²) >= 11 is 0. The third kappa shape index (κ3) is 6.55. The van der Waals surface area contributed by atoms with Gasteiger partial charge in [0, 0.05) is 23.0 Å². The Kier molecular flexibility index (Phi) is 9.98. The molecule has 0 amide bonds. The van der Waals surface area contributed by atoms with Crippen molar-refractivity contribution in [2.24, 2.45) is 11.8 Å². The van der Waals surface area contributed by atoms with Crippen LogP contribution in [0.3, 0.4) is 0 Å². The smallest absolute Gasteiger partial charge is 0.127 e. The molecule has 1 N–H and O–H groups in total. The highest BCUT2D eigenvalue weighted by Crippen LogP contribution is 2.44. The quantitative estimate of drug-likeness (QED) is 0.286. The summed E-state index contributed by atoms with van der Waals surface area (Å²) in [6.45, 7) is 14.2. The van der Waals surface area contributed by atoms with Crippen LogP contribution >= 0.6 is 0 Å². The third-order valence-electron chi connectivity index (χ3n) is 7.50. The molecule has 3 aromatic carbocycles. The number of rotatable bonds is 12. The van der Waals surface area contributed by atoms with Gasteiger partial charge in [-0.2, -0.15) is 0 Å². The zero-order chi connectivity index (χ0) is 25.4. The number of hydrogen-bond donors (Lipinski definition) is 1. The van der Waals surface area contributed by atoms with E-state index in [0.29, 0.717) is 24.4 Å². The van der Waals surface area contributed by atoms with Gasteiger partial charge in [0.25, 0.3) is 0 Å². The van der Waals surface area contributed by atoms with Gasteiger partial charge in [-0.15, -0.1) is 0 Å². The molecule has 3 rings (SSSR count). The van der Waals surface area contributed by atoms with E-state index in [1.807, 2.05) is 0 Å². The van der Waals surface area contributed by atoms with Crippen LogP contribution in [0.4, 0.5) is 0 Å². The number of hydrogen-bond acceptors (Lipinski definition) is 2. The highest BCUT2D eigenvalue weighted by atomic mass is 16.5. The summed E-state index contributed by atoms with van der Waals surface area (Å²) in [5.74, 6) is 2.91. The normalized spacial score (nSPS) is 15.0. The zero-order valence-electron chi connectivity index (χ0n) is 22.5. The minimum atomic E-state index is 0.00220. The Morgan fingerprint density at radius 3 is 1.60 bits per heavy atom. The lowest BCUT2D eigenvalue weighted by atomic mass is 9.74. The standard InChI is InChI=1S/C33H44O2/c1-7-14-24(4)32(23(2)3)29-21-30(25(5)27-15-10-8-11-16-27)33(35-20-19-34)31(22-29)26(6)28-17-12-9-13-18-28/h8-13,15-18,21-26,32,34H,7,14,19-20H2,1-6H3. The molecule has 0 aliphatic carbocycles. The van der Waals surface area contributed by atoms with Gasteiger partial charge in [0.2, 0.25) is 0 Å². The van der Waals surface area contributed by atoms with Crippen LogP contribution in [0.15, 0.2) is 72.8 Å². The molecule has 2 nitrogen and oxygen atoms in total. The van der Waals surface area contributed by atoms with E-state index in [4.69, 9.17) is 4.74 Å². The lowest BCUT2D eigenvalue weighted by molar-refractivity contribution is 0.198. The van der Waals surface area contributed by atoms with Gasteiger partial charge in [0.1, 0.15) is 12.4 Å². The lowest BCUT2D eigenvalue weighted by Crippen LogP contribution is -2.18. The molecule has 4 unspecified atom stereocenters. The second kappa shape index (κ2) is 12.9. The maximum absolute atomic E-state index is 9.64. The first-order valence-corrected chi connectivity index (χ1v) is 13.4. The maximum Gasteiger partial charge on any atom is 0.127 e. The van der Waals surface area contributed by atoms with Crippen molar-refractivity contribution in [2.45, 2.75) is 72.1 Å². The highest BCUT2D eigenvalue weighted by Gasteiger charge is 2.28. The van der Waals surface area contributed by atoms with Crippen LogP contribution in [0, 0.1) is 11.8 Å². The fraction of sp³-hybridized carbons (Fsp3) is 0.455. The van der Waals surface area contributed by atoms with Gasteiger partial charge in [-0.25, -0.2) is 0 Å². The zero-order valence-corrected chi connectivity index (χ0v) is 22.5. The van der Waals surface area contributed by atoms with Crippen LogP contribution in [0.25, 0.3) is 0 Å². The summed E-state index contributed by atoms with van der Waals surface area (Å²) in [7, 11) is 0. The molecule has 0 aliphatic heterocycles. The van der Waals surface area contributed by atoms with Crippen molar-refractivity contribution in [3.05, 3.63) is 101 Å². The summed E-state index contributed by atoms with van der Waals surface area (Å²) in [4.78, 5) is 0. The molecule has 0 saturated heterocycles. The third-order valence-corrected chi connectivity index (χ3v) is 7.50. The van der Waals surface area contributed by atoms with Crippen molar-refractivity contribution >= 4 is 0 Å². The molecule has 35 heavy (non-hydrogen) atoms. The molecular weight excluding hydrogens is 428 g/mol. The SMILES string of the molecule is CCCC(C)C(c1cc(C(C)c2ccccc2)c(OCCO)c(C(C)c2ccccc2)c1)C(C)C. The first-order valence-electron chi connectivity index (χ1n) is 13.4. The van der Waals surface area contributed by atoms with Gasteiger partial charge in [-0.05, 0) is 34.4 Å². The van der Waals surface area contributed by atoms with Crippen LogP contribution in [-0.2, 0) is 0 Å². The van der Waals surface area contributed by atoms with E-state index < -0.39 is 0 Å². The molecule has 188 valence electrons. The molecular formula is C33H44O2. The molecule has 0 fully saturated rings. The summed E-state index contributed by atoms with van der Waals surface area (Å²) in [5.41, 5.74) is 6.40. The molecule has 2 heteroatoms. The topological polar surface area (TPSA) is 29.5 Å². The number of benzene rings is 3. The molecule has 0 spiro atoms. The van der Waals surface area contributed by atoms with E-state index in [1.165, 1.54) is 40.7 Å². The van der Waals surface area contributed by atoms with Crippen molar-refractivity contribution in [3.63, 3.8) is 0 Å². The Morgan fingerprint density at radius 1 is 0.714 bits per heavy atom. The average molecular weight is 473 g/mol. The Bertz CT molecular complexity index is 959. The van der Waals surface area contributed by atoms with E-state index in [0.717, 1.165) is 5.75 Å². The fourth-order valence-corrected chi connectivity index (χ4v) is 5.70. The number of aliphatic hydroxyl groups is 1. The Hall–Kier alpha value is -2.58. The molecule has 4 atom stereocenters. The van der Waals surface area contributed by atoms with Crippen molar-refractivity contribution in [2.75, 3.05) is 13.2 Å². The monoisotopic (exact) mass is 472 g/mol. The lowest BCUT2D eigenvalue weighted by Gasteiger charge is -2.31.